The number of likely N-dealkylation sites (tertiary alicyclic amines) is 1. The first kappa shape index (κ1) is 18.8. The van der Waals surface area contributed by atoms with Crippen molar-refractivity contribution in [2.75, 3.05) is 52.5 Å². The summed E-state index contributed by atoms with van der Waals surface area (Å²) in [7, 11) is 0. The Balaban J connectivity index is 1.51. The topological polar surface area (TPSA) is 36.0 Å². The van der Waals surface area contributed by atoms with Crippen LogP contribution in [0, 0.1) is 11.7 Å². The van der Waals surface area contributed by atoms with Crippen molar-refractivity contribution in [2.45, 2.75) is 31.8 Å². The van der Waals surface area contributed by atoms with Crippen LogP contribution in [0.4, 0.5) is 4.39 Å². The Morgan fingerprint density at radius 1 is 1.30 bits per heavy atom. The van der Waals surface area contributed by atoms with E-state index in [-0.39, 0.29) is 23.1 Å². The number of fused-ring (bicyclic) bond motifs is 2. The summed E-state index contributed by atoms with van der Waals surface area (Å²) in [6.45, 7) is 11.2. The van der Waals surface area contributed by atoms with Crippen molar-refractivity contribution in [3.63, 3.8) is 0 Å². The summed E-state index contributed by atoms with van der Waals surface area (Å²) in [4.78, 5) is 19.9. The van der Waals surface area contributed by atoms with Crippen LogP contribution in [0.25, 0.3) is 0 Å². The van der Waals surface area contributed by atoms with Crippen LogP contribution in [-0.4, -0.2) is 84.7 Å². The van der Waals surface area contributed by atoms with E-state index in [9.17, 15) is 9.18 Å². The lowest BCUT2D eigenvalue weighted by Crippen LogP contribution is -2.80. The van der Waals surface area contributed by atoms with Crippen molar-refractivity contribution in [3.8, 4) is 0 Å². The molecule has 0 aromatic heterocycles. The fraction of sp³-hybridized carbons (Fsp3) is 0.667. The molecular weight excluding hydrogens is 345 g/mol. The van der Waals surface area contributed by atoms with E-state index in [1.54, 1.807) is 18.2 Å². The molecule has 148 valence electrons. The molecule has 0 saturated carbocycles. The van der Waals surface area contributed by atoms with Crippen LogP contribution < -0.4 is 0 Å². The van der Waals surface area contributed by atoms with Gasteiger partial charge in [0.1, 0.15) is 5.82 Å². The first-order valence-electron chi connectivity index (χ1n) is 10.1. The number of piperazine rings is 1. The molecule has 1 aromatic rings. The SMILES string of the molecule is CC(C)CCN1CC2(C1)CN(C(=O)c1ccccc1F)CC1COCCN12. The van der Waals surface area contributed by atoms with Gasteiger partial charge >= 0.3 is 0 Å². The molecule has 27 heavy (non-hydrogen) atoms. The molecule has 5 nitrogen and oxygen atoms in total. The second-order valence-corrected chi connectivity index (χ2v) is 8.71. The maximum atomic E-state index is 14.2. The number of hydrogen-bond donors (Lipinski definition) is 0. The predicted molar refractivity (Wildman–Crippen MR) is 102 cm³/mol. The molecule has 1 spiro atoms. The lowest BCUT2D eigenvalue weighted by atomic mass is 9.82. The highest BCUT2D eigenvalue weighted by Gasteiger charge is 2.54. The lowest BCUT2D eigenvalue weighted by molar-refractivity contribution is -0.158. The van der Waals surface area contributed by atoms with Crippen LogP contribution in [0.2, 0.25) is 0 Å². The molecule has 3 saturated heterocycles. The van der Waals surface area contributed by atoms with Gasteiger partial charge in [-0.1, -0.05) is 26.0 Å². The van der Waals surface area contributed by atoms with Crippen LogP contribution in [0.15, 0.2) is 24.3 Å². The van der Waals surface area contributed by atoms with Crippen molar-refractivity contribution in [3.05, 3.63) is 35.6 Å². The molecule has 0 radical (unpaired) electrons. The fourth-order valence-electron chi connectivity index (χ4n) is 4.82. The number of amides is 1. The largest absolute Gasteiger partial charge is 0.378 e. The molecule has 4 rings (SSSR count). The number of rotatable bonds is 4. The molecule has 1 atom stereocenters. The molecule has 1 unspecified atom stereocenters. The average molecular weight is 375 g/mol. The van der Waals surface area contributed by atoms with E-state index in [4.69, 9.17) is 4.74 Å². The van der Waals surface area contributed by atoms with E-state index < -0.39 is 5.82 Å². The maximum Gasteiger partial charge on any atom is 0.256 e. The highest BCUT2D eigenvalue weighted by atomic mass is 19.1. The summed E-state index contributed by atoms with van der Waals surface area (Å²) in [6, 6.07) is 6.50. The molecule has 1 aromatic carbocycles. The second-order valence-electron chi connectivity index (χ2n) is 8.71. The first-order chi connectivity index (χ1) is 13.0. The zero-order chi connectivity index (χ0) is 19.0. The van der Waals surface area contributed by atoms with Crippen LogP contribution >= 0.6 is 0 Å². The van der Waals surface area contributed by atoms with Crippen molar-refractivity contribution in [1.29, 1.82) is 0 Å². The number of nitrogens with zero attached hydrogens (tertiary/aromatic N) is 3. The third-order valence-corrected chi connectivity index (χ3v) is 6.20. The van der Waals surface area contributed by atoms with E-state index in [0.717, 1.165) is 32.8 Å². The molecule has 3 aliphatic heterocycles. The van der Waals surface area contributed by atoms with Crippen LogP contribution in [0.3, 0.4) is 0 Å². The van der Waals surface area contributed by atoms with Crippen LogP contribution in [0.5, 0.6) is 0 Å². The second kappa shape index (κ2) is 7.49. The highest BCUT2D eigenvalue weighted by molar-refractivity contribution is 5.94. The van der Waals surface area contributed by atoms with Crippen molar-refractivity contribution in [2.24, 2.45) is 5.92 Å². The normalized spacial score (nSPS) is 25.5. The Kier molecular flexibility index (Phi) is 5.23. The number of hydrogen-bond acceptors (Lipinski definition) is 4. The molecule has 3 aliphatic rings. The van der Waals surface area contributed by atoms with Gasteiger partial charge < -0.3 is 9.64 Å². The third-order valence-electron chi connectivity index (χ3n) is 6.20. The van der Waals surface area contributed by atoms with Gasteiger partial charge in [-0.3, -0.25) is 14.6 Å². The minimum atomic E-state index is -0.439. The summed E-state index contributed by atoms with van der Waals surface area (Å²) in [6.07, 6.45) is 1.19. The third kappa shape index (κ3) is 3.62. The first-order valence-corrected chi connectivity index (χ1v) is 10.1. The highest BCUT2D eigenvalue weighted by Crippen LogP contribution is 2.36. The van der Waals surface area contributed by atoms with Gasteiger partial charge in [0.15, 0.2) is 0 Å². The van der Waals surface area contributed by atoms with Crippen molar-refractivity contribution in [1.82, 2.24) is 14.7 Å². The average Bonchev–Trinajstić information content (AvgIpc) is 2.63. The minimum Gasteiger partial charge on any atom is -0.378 e. The summed E-state index contributed by atoms with van der Waals surface area (Å²) < 4.78 is 19.9. The van der Waals surface area contributed by atoms with Gasteiger partial charge in [-0.15, -0.1) is 0 Å². The molecule has 6 heteroatoms. The lowest BCUT2D eigenvalue weighted by Gasteiger charge is -2.63. The summed E-state index contributed by atoms with van der Waals surface area (Å²) in [5.41, 5.74) is 0.165. The van der Waals surface area contributed by atoms with Crippen molar-refractivity contribution >= 4 is 5.91 Å². The standard InChI is InChI=1S/C21H30FN3O2/c1-16(2)7-8-23-13-21(14-23)15-24(11-17-12-27-10-9-25(17)21)20(26)18-5-3-4-6-19(18)22/h3-6,16-17H,7-15H2,1-2H3. The van der Waals surface area contributed by atoms with E-state index in [0.29, 0.717) is 25.6 Å². The number of carbonyl (C=O) groups excluding carboxylic acids is 1. The van der Waals surface area contributed by atoms with Gasteiger partial charge in [-0.25, -0.2) is 4.39 Å². The fourth-order valence-corrected chi connectivity index (χ4v) is 4.82. The Bertz CT molecular complexity index is 690. The van der Waals surface area contributed by atoms with Gasteiger partial charge in [0, 0.05) is 32.7 Å². The Labute approximate surface area is 161 Å². The van der Waals surface area contributed by atoms with Gasteiger partial charge in [-0.2, -0.15) is 0 Å². The Morgan fingerprint density at radius 3 is 2.81 bits per heavy atom. The van der Waals surface area contributed by atoms with Gasteiger partial charge in [-0.05, 0) is 31.0 Å². The molecule has 3 heterocycles. The van der Waals surface area contributed by atoms with Crippen LogP contribution in [-0.2, 0) is 4.74 Å². The summed E-state index contributed by atoms with van der Waals surface area (Å²) in [5, 5.41) is 0. The molecule has 0 aliphatic carbocycles. The van der Waals surface area contributed by atoms with Gasteiger partial charge in [0.05, 0.1) is 30.4 Å². The molecule has 0 bridgehead atoms. The zero-order valence-corrected chi connectivity index (χ0v) is 16.4. The quantitative estimate of drug-likeness (QED) is 0.807. The Morgan fingerprint density at radius 2 is 2.07 bits per heavy atom. The van der Waals surface area contributed by atoms with Crippen molar-refractivity contribution < 1.29 is 13.9 Å². The zero-order valence-electron chi connectivity index (χ0n) is 16.4. The molecule has 1 amide bonds. The maximum absolute atomic E-state index is 14.2. The number of halogens is 1. The number of benzene rings is 1. The molecule has 0 N–H and O–H groups in total. The van der Waals surface area contributed by atoms with Gasteiger partial charge in [0.25, 0.3) is 5.91 Å². The van der Waals surface area contributed by atoms with E-state index in [1.807, 2.05) is 4.90 Å². The predicted octanol–water partition coefficient (Wildman–Crippen LogP) is 2.08. The smallest absolute Gasteiger partial charge is 0.256 e. The minimum absolute atomic E-state index is 0.00933. The monoisotopic (exact) mass is 375 g/mol. The number of ether oxygens (including phenoxy) is 1. The molecular formula is C21H30FN3O2. The Hall–Kier alpha value is -1.50. The van der Waals surface area contributed by atoms with Gasteiger partial charge in [0.2, 0.25) is 0 Å². The summed E-state index contributed by atoms with van der Waals surface area (Å²) in [5.74, 6) is 0.0625. The number of carbonyl (C=O) groups is 1. The van der Waals surface area contributed by atoms with Crippen LogP contribution in [0.1, 0.15) is 30.6 Å². The van der Waals surface area contributed by atoms with E-state index in [1.165, 1.54) is 12.5 Å². The van der Waals surface area contributed by atoms with E-state index in [2.05, 4.69) is 23.6 Å². The molecule has 3 fully saturated rings. The number of morpholine rings is 1. The van der Waals surface area contributed by atoms with E-state index >= 15 is 0 Å². The summed E-state index contributed by atoms with van der Waals surface area (Å²) >= 11 is 0.